The van der Waals surface area contributed by atoms with Gasteiger partial charge in [-0.2, -0.15) is 0 Å². The van der Waals surface area contributed by atoms with E-state index in [4.69, 9.17) is 4.74 Å². The minimum atomic E-state index is -0.0581. The lowest BCUT2D eigenvalue weighted by Crippen LogP contribution is -2.31. The second kappa shape index (κ2) is 5.88. The van der Waals surface area contributed by atoms with Gasteiger partial charge in [0.15, 0.2) is 0 Å². The van der Waals surface area contributed by atoms with Crippen LogP contribution in [-0.2, 0) is 11.2 Å². The van der Waals surface area contributed by atoms with Crippen LogP contribution in [0.1, 0.15) is 27.6 Å². The Morgan fingerprint density at radius 3 is 2.70 bits per heavy atom. The minimum Gasteiger partial charge on any atom is -0.371 e. The zero-order chi connectivity index (χ0) is 13.8. The molecule has 2 aromatic rings. The summed E-state index contributed by atoms with van der Waals surface area (Å²) >= 11 is 0. The highest BCUT2D eigenvalue weighted by molar-refractivity contribution is 5.94. The summed E-state index contributed by atoms with van der Waals surface area (Å²) in [6, 6.07) is 17.5. The first-order valence-electron chi connectivity index (χ1n) is 6.87. The number of carbonyl (C=O) groups excluding carboxylic acids is 1. The minimum absolute atomic E-state index is 0.0485. The van der Waals surface area contributed by atoms with Gasteiger partial charge in [-0.15, -0.1) is 0 Å². The quantitative estimate of drug-likeness (QED) is 0.928. The molecule has 1 aliphatic heterocycles. The number of benzene rings is 2. The molecule has 1 amide bonds. The highest BCUT2D eigenvalue weighted by Crippen LogP contribution is 2.26. The molecule has 3 nitrogen and oxygen atoms in total. The third-order valence-electron chi connectivity index (χ3n) is 3.58. The first-order chi connectivity index (χ1) is 9.84. The van der Waals surface area contributed by atoms with E-state index in [1.54, 1.807) is 0 Å². The van der Waals surface area contributed by atoms with E-state index < -0.39 is 0 Å². The lowest BCUT2D eigenvalue weighted by molar-refractivity contribution is 0.0411. The van der Waals surface area contributed by atoms with Gasteiger partial charge < -0.3 is 10.1 Å². The summed E-state index contributed by atoms with van der Waals surface area (Å²) in [5, 5.41) is 2.95. The number of carbonyl (C=O) groups is 1. The Hall–Kier alpha value is -2.13. The van der Waals surface area contributed by atoms with Gasteiger partial charge in [0.2, 0.25) is 0 Å². The SMILES string of the molecule is O=C(NC[C@@H]1OCCc2ccccc21)c1ccccc1. The van der Waals surface area contributed by atoms with Crippen LogP contribution >= 0.6 is 0 Å². The van der Waals surface area contributed by atoms with Crippen LogP contribution in [0.2, 0.25) is 0 Å². The van der Waals surface area contributed by atoms with Gasteiger partial charge in [0.05, 0.1) is 6.61 Å². The number of hydrogen-bond donors (Lipinski definition) is 1. The molecule has 3 heteroatoms. The smallest absolute Gasteiger partial charge is 0.251 e. The van der Waals surface area contributed by atoms with E-state index in [1.807, 2.05) is 42.5 Å². The van der Waals surface area contributed by atoms with E-state index in [0.29, 0.717) is 18.7 Å². The number of hydrogen-bond acceptors (Lipinski definition) is 2. The van der Waals surface area contributed by atoms with Gasteiger partial charge in [-0.3, -0.25) is 4.79 Å². The van der Waals surface area contributed by atoms with E-state index in [-0.39, 0.29) is 12.0 Å². The Bertz CT molecular complexity index is 595. The fourth-order valence-corrected chi connectivity index (χ4v) is 2.52. The monoisotopic (exact) mass is 267 g/mol. The number of rotatable bonds is 3. The summed E-state index contributed by atoms with van der Waals surface area (Å²) in [5.41, 5.74) is 3.18. The summed E-state index contributed by atoms with van der Waals surface area (Å²) in [5.74, 6) is -0.0581. The largest absolute Gasteiger partial charge is 0.371 e. The molecule has 0 spiro atoms. The third-order valence-corrected chi connectivity index (χ3v) is 3.58. The molecule has 1 heterocycles. The molecule has 0 saturated heterocycles. The van der Waals surface area contributed by atoms with Crippen LogP contribution in [-0.4, -0.2) is 19.1 Å². The zero-order valence-electron chi connectivity index (χ0n) is 11.2. The van der Waals surface area contributed by atoms with Crippen molar-refractivity contribution in [1.82, 2.24) is 5.32 Å². The summed E-state index contributed by atoms with van der Waals surface area (Å²) in [4.78, 5) is 12.0. The molecule has 0 aromatic heterocycles. The van der Waals surface area contributed by atoms with Crippen LogP contribution in [0, 0.1) is 0 Å². The molecule has 0 aliphatic carbocycles. The van der Waals surface area contributed by atoms with Crippen molar-refractivity contribution in [3.63, 3.8) is 0 Å². The van der Waals surface area contributed by atoms with Gasteiger partial charge in [-0.1, -0.05) is 42.5 Å². The lowest BCUT2D eigenvalue weighted by Gasteiger charge is -2.26. The van der Waals surface area contributed by atoms with Gasteiger partial charge in [0.25, 0.3) is 5.91 Å². The van der Waals surface area contributed by atoms with Crippen molar-refractivity contribution in [3.05, 3.63) is 71.3 Å². The van der Waals surface area contributed by atoms with Crippen LogP contribution in [0.3, 0.4) is 0 Å². The summed E-state index contributed by atoms with van der Waals surface area (Å²) in [6.07, 6.45) is 0.895. The molecule has 102 valence electrons. The molecule has 3 rings (SSSR count). The first kappa shape index (κ1) is 12.9. The predicted molar refractivity (Wildman–Crippen MR) is 77.6 cm³/mol. The fraction of sp³-hybridized carbons (Fsp3) is 0.235. The van der Waals surface area contributed by atoms with E-state index in [0.717, 1.165) is 6.42 Å². The highest BCUT2D eigenvalue weighted by Gasteiger charge is 2.20. The normalized spacial score (nSPS) is 17.3. The van der Waals surface area contributed by atoms with Gasteiger partial charge in [-0.05, 0) is 29.7 Å². The van der Waals surface area contributed by atoms with Gasteiger partial charge in [-0.25, -0.2) is 0 Å². The molecule has 1 N–H and O–H groups in total. The second-order valence-corrected chi connectivity index (χ2v) is 4.88. The molecule has 1 aliphatic rings. The van der Waals surface area contributed by atoms with Crippen LogP contribution < -0.4 is 5.32 Å². The Balaban J connectivity index is 1.67. The molecule has 0 unspecified atom stereocenters. The van der Waals surface area contributed by atoms with Crippen molar-refractivity contribution < 1.29 is 9.53 Å². The Labute approximate surface area is 118 Å². The van der Waals surface area contributed by atoms with Crippen LogP contribution in [0.15, 0.2) is 54.6 Å². The molecule has 20 heavy (non-hydrogen) atoms. The van der Waals surface area contributed by atoms with Crippen LogP contribution in [0.5, 0.6) is 0 Å². The molecule has 0 fully saturated rings. The van der Waals surface area contributed by atoms with Crippen molar-refractivity contribution in [2.45, 2.75) is 12.5 Å². The number of nitrogens with one attached hydrogen (secondary N) is 1. The number of fused-ring (bicyclic) bond motifs is 1. The average molecular weight is 267 g/mol. The van der Waals surface area contributed by atoms with Crippen LogP contribution in [0.4, 0.5) is 0 Å². The van der Waals surface area contributed by atoms with Crippen molar-refractivity contribution >= 4 is 5.91 Å². The number of amides is 1. The van der Waals surface area contributed by atoms with Crippen LogP contribution in [0.25, 0.3) is 0 Å². The van der Waals surface area contributed by atoms with E-state index in [2.05, 4.69) is 17.4 Å². The average Bonchev–Trinajstić information content (AvgIpc) is 2.53. The maximum atomic E-state index is 12.0. The maximum Gasteiger partial charge on any atom is 0.251 e. The van der Waals surface area contributed by atoms with Crippen molar-refractivity contribution in [1.29, 1.82) is 0 Å². The fourth-order valence-electron chi connectivity index (χ4n) is 2.52. The molecular formula is C17H17NO2. The topological polar surface area (TPSA) is 38.3 Å². The molecular weight excluding hydrogens is 250 g/mol. The van der Waals surface area contributed by atoms with Gasteiger partial charge in [0, 0.05) is 12.1 Å². The number of ether oxygens (including phenoxy) is 1. The van der Waals surface area contributed by atoms with Crippen molar-refractivity contribution in [2.24, 2.45) is 0 Å². The second-order valence-electron chi connectivity index (χ2n) is 4.88. The van der Waals surface area contributed by atoms with Crippen molar-refractivity contribution in [2.75, 3.05) is 13.2 Å². The van der Waals surface area contributed by atoms with Gasteiger partial charge in [0.1, 0.15) is 6.10 Å². The summed E-state index contributed by atoms with van der Waals surface area (Å²) < 4.78 is 5.78. The standard InChI is InChI=1S/C17H17NO2/c19-17(14-7-2-1-3-8-14)18-12-16-15-9-5-4-6-13(15)10-11-20-16/h1-9,16H,10-12H2,(H,18,19)/t16-/m0/s1. The first-order valence-corrected chi connectivity index (χ1v) is 6.87. The molecule has 2 aromatic carbocycles. The van der Waals surface area contributed by atoms with Gasteiger partial charge >= 0.3 is 0 Å². The Morgan fingerprint density at radius 2 is 1.85 bits per heavy atom. The summed E-state index contributed by atoms with van der Waals surface area (Å²) in [7, 11) is 0. The van der Waals surface area contributed by atoms with Crippen molar-refractivity contribution in [3.8, 4) is 0 Å². The van der Waals surface area contributed by atoms with E-state index in [9.17, 15) is 4.79 Å². The molecule has 1 atom stereocenters. The molecule has 0 radical (unpaired) electrons. The Morgan fingerprint density at radius 1 is 1.10 bits per heavy atom. The summed E-state index contributed by atoms with van der Waals surface area (Å²) in [6.45, 7) is 1.22. The Kier molecular flexibility index (Phi) is 3.79. The maximum absolute atomic E-state index is 12.0. The highest BCUT2D eigenvalue weighted by atomic mass is 16.5. The molecule has 0 bridgehead atoms. The molecule has 0 saturated carbocycles. The predicted octanol–water partition coefficient (Wildman–Crippen LogP) is 2.73. The van der Waals surface area contributed by atoms with E-state index >= 15 is 0 Å². The zero-order valence-corrected chi connectivity index (χ0v) is 11.2. The third kappa shape index (κ3) is 2.73. The van der Waals surface area contributed by atoms with E-state index in [1.165, 1.54) is 11.1 Å². The lowest BCUT2D eigenvalue weighted by atomic mass is 9.97.